The van der Waals surface area contributed by atoms with E-state index < -0.39 is 0 Å². The van der Waals surface area contributed by atoms with Crippen molar-refractivity contribution in [1.82, 2.24) is 15.3 Å². The molecule has 1 fully saturated rings. The molecule has 0 bridgehead atoms. The first-order valence-electron chi connectivity index (χ1n) is 7.11. The first kappa shape index (κ1) is 13.5. The van der Waals surface area contributed by atoms with Crippen molar-refractivity contribution >= 4 is 0 Å². The zero-order valence-electron chi connectivity index (χ0n) is 11.8. The van der Waals surface area contributed by atoms with E-state index in [1.165, 1.54) is 24.8 Å². The van der Waals surface area contributed by atoms with Gasteiger partial charge in [-0.05, 0) is 62.1 Å². The van der Waals surface area contributed by atoms with Gasteiger partial charge in [0, 0.05) is 12.4 Å². The number of nitrogens with one attached hydrogen (secondary N) is 1. The molecule has 1 aromatic rings. The fraction of sp³-hybridized carbons (Fsp3) is 0.733. The quantitative estimate of drug-likeness (QED) is 0.889. The van der Waals surface area contributed by atoms with Crippen LogP contribution in [0.5, 0.6) is 0 Å². The highest BCUT2D eigenvalue weighted by molar-refractivity contribution is 5.13. The zero-order chi connectivity index (χ0) is 13.0. The van der Waals surface area contributed by atoms with Gasteiger partial charge < -0.3 is 5.32 Å². The Labute approximate surface area is 110 Å². The second-order valence-corrected chi connectivity index (χ2v) is 5.91. The van der Waals surface area contributed by atoms with E-state index in [1.54, 1.807) is 6.33 Å². The van der Waals surface area contributed by atoms with Crippen LogP contribution >= 0.6 is 0 Å². The van der Waals surface area contributed by atoms with E-state index in [0.29, 0.717) is 5.92 Å². The topological polar surface area (TPSA) is 37.8 Å². The Morgan fingerprint density at radius 2 is 2.00 bits per heavy atom. The maximum Gasteiger partial charge on any atom is 0.115 e. The lowest BCUT2D eigenvalue weighted by molar-refractivity contribution is 0.192. The molecule has 0 aliphatic heterocycles. The second kappa shape index (κ2) is 6.28. The summed E-state index contributed by atoms with van der Waals surface area (Å²) >= 11 is 0. The second-order valence-electron chi connectivity index (χ2n) is 5.91. The van der Waals surface area contributed by atoms with Crippen molar-refractivity contribution in [2.45, 2.75) is 39.0 Å². The first-order chi connectivity index (χ1) is 8.72. The summed E-state index contributed by atoms with van der Waals surface area (Å²) in [5, 5.41) is 3.34. The smallest absolute Gasteiger partial charge is 0.115 e. The van der Waals surface area contributed by atoms with Crippen LogP contribution in [-0.4, -0.2) is 23.6 Å². The monoisotopic (exact) mass is 247 g/mol. The van der Waals surface area contributed by atoms with Gasteiger partial charge in [0.2, 0.25) is 0 Å². The van der Waals surface area contributed by atoms with E-state index in [1.807, 2.05) is 19.4 Å². The highest BCUT2D eigenvalue weighted by atomic mass is 14.8. The Balaban J connectivity index is 2.14. The van der Waals surface area contributed by atoms with Crippen LogP contribution < -0.4 is 5.32 Å². The van der Waals surface area contributed by atoms with Crippen molar-refractivity contribution < 1.29 is 0 Å². The first-order valence-corrected chi connectivity index (χ1v) is 7.11. The van der Waals surface area contributed by atoms with E-state index in [0.717, 1.165) is 24.3 Å². The summed E-state index contributed by atoms with van der Waals surface area (Å²) < 4.78 is 0. The summed E-state index contributed by atoms with van der Waals surface area (Å²) in [6, 6.07) is 0. The van der Waals surface area contributed by atoms with Gasteiger partial charge in [-0.2, -0.15) is 0 Å². The third-order valence-corrected chi connectivity index (χ3v) is 4.45. The lowest BCUT2D eigenvalue weighted by atomic mass is 9.68. The third-order valence-electron chi connectivity index (χ3n) is 4.45. The minimum absolute atomic E-state index is 0.625. The Kier molecular flexibility index (Phi) is 4.70. The van der Waals surface area contributed by atoms with Crippen LogP contribution in [0.15, 0.2) is 18.7 Å². The van der Waals surface area contributed by atoms with Gasteiger partial charge in [-0.1, -0.05) is 13.8 Å². The Morgan fingerprint density at radius 1 is 1.28 bits per heavy atom. The minimum atomic E-state index is 0.625. The normalized spacial score (nSPS) is 28.6. The molecule has 1 N–H and O–H groups in total. The van der Waals surface area contributed by atoms with Gasteiger partial charge in [0.15, 0.2) is 0 Å². The van der Waals surface area contributed by atoms with E-state index in [2.05, 4.69) is 29.1 Å². The van der Waals surface area contributed by atoms with E-state index in [-0.39, 0.29) is 0 Å². The molecule has 1 aliphatic carbocycles. The SMILES string of the molecule is CNCC1CCC(C(C)C)CC1c1cncnc1. The number of hydrogen-bond donors (Lipinski definition) is 1. The van der Waals surface area contributed by atoms with Gasteiger partial charge in [-0.15, -0.1) is 0 Å². The summed E-state index contributed by atoms with van der Waals surface area (Å²) in [5.41, 5.74) is 1.32. The molecular weight excluding hydrogens is 222 g/mol. The number of nitrogens with zero attached hydrogens (tertiary/aromatic N) is 2. The predicted molar refractivity (Wildman–Crippen MR) is 74.4 cm³/mol. The molecule has 3 nitrogen and oxygen atoms in total. The van der Waals surface area contributed by atoms with Crippen molar-refractivity contribution in [3.05, 3.63) is 24.3 Å². The fourth-order valence-corrected chi connectivity index (χ4v) is 3.29. The molecule has 0 aromatic carbocycles. The lowest BCUT2D eigenvalue weighted by Crippen LogP contribution is -2.32. The van der Waals surface area contributed by atoms with Gasteiger partial charge in [0.1, 0.15) is 6.33 Å². The summed E-state index contributed by atoms with van der Waals surface area (Å²) in [6.07, 6.45) is 9.61. The Hall–Kier alpha value is -0.960. The maximum absolute atomic E-state index is 4.19. The molecule has 3 heteroatoms. The Bertz CT molecular complexity index is 350. The van der Waals surface area contributed by atoms with Crippen molar-refractivity contribution in [3.63, 3.8) is 0 Å². The van der Waals surface area contributed by atoms with Crippen LogP contribution in [0.1, 0.15) is 44.6 Å². The molecule has 2 rings (SSSR count). The molecule has 1 heterocycles. The van der Waals surface area contributed by atoms with Crippen molar-refractivity contribution in [2.24, 2.45) is 17.8 Å². The molecule has 0 spiro atoms. The van der Waals surface area contributed by atoms with Crippen LogP contribution in [0, 0.1) is 17.8 Å². The van der Waals surface area contributed by atoms with Gasteiger partial charge >= 0.3 is 0 Å². The van der Waals surface area contributed by atoms with Crippen LogP contribution in [0.25, 0.3) is 0 Å². The lowest BCUT2D eigenvalue weighted by Gasteiger charge is -2.38. The van der Waals surface area contributed by atoms with Crippen molar-refractivity contribution in [2.75, 3.05) is 13.6 Å². The van der Waals surface area contributed by atoms with E-state index >= 15 is 0 Å². The highest BCUT2D eigenvalue weighted by Gasteiger charge is 2.32. The number of rotatable bonds is 4. The fourth-order valence-electron chi connectivity index (χ4n) is 3.29. The zero-order valence-corrected chi connectivity index (χ0v) is 11.8. The molecule has 0 saturated heterocycles. The highest BCUT2D eigenvalue weighted by Crippen LogP contribution is 2.42. The van der Waals surface area contributed by atoms with Gasteiger partial charge in [-0.3, -0.25) is 0 Å². The average Bonchev–Trinajstić information content (AvgIpc) is 2.40. The standard InChI is InChI=1S/C15H25N3/c1-11(2)12-4-5-13(7-16-3)15(6-12)14-8-17-10-18-9-14/h8-13,15-16H,4-7H2,1-3H3. The summed E-state index contributed by atoms with van der Waals surface area (Å²) in [7, 11) is 2.05. The van der Waals surface area contributed by atoms with E-state index in [9.17, 15) is 0 Å². The number of hydrogen-bond acceptors (Lipinski definition) is 3. The number of aromatic nitrogens is 2. The van der Waals surface area contributed by atoms with Crippen LogP contribution in [0.2, 0.25) is 0 Å². The van der Waals surface area contributed by atoms with E-state index in [4.69, 9.17) is 0 Å². The van der Waals surface area contributed by atoms with Gasteiger partial charge in [0.05, 0.1) is 0 Å². The molecule has 3 atom stereocenters. The van der Waals surface area contributed by atoms with Gasteiger partial charge in [0.25, 0.3) is 0 Å². The average molecular weight is 247 g/mol. The maximum atomic E-state index is 4.19. The largest absolute Gasteiger partial charge is 0.319 e. The molecule has 1 aliphatic rings. The molecule has 100 valence electrons. The molecule has 1 aromatic heterocycles. The molecule has 0 amide bonds. The third kappa shape index (κ3) is 3.08. The van der Waals surface area contributed by atoms with Crippen molar-refractivity contribution in [1.29, 1.82) is 0 Å². The summed E-state index contributed by atoms with van der Waals surface area (Å²) in [5.74, 6) is 2.99. The van der Waals surface area contributed by atoms with Crippen LogP contribution in [0.4, 0.5) is 0 Å². The molecule has 1 saturated carbocycles. The minimum Gasteiger partial charge on any atom is -0.319 e. The molecule has 18 heavy (non-hydrogen) atoms. The van der Waals surface area contributed by atoms with Crippen LogP contribution in [0.3, 0.4) is 0 Å². The summed E-state index contributed by atoms with van der Waals surface area (Å²) in [4.78, 5) is 8.39. The molecular formula is C15H25N3. The summed E-state index contributed by atoms with van der Waals surface area (Å²) in [6.45, 7) is 5.80. The van der Waals surface area contributed by atoms with Crippen LogP contribution in [-0.2, 0) is 0 Å². The molecule has 0 radical (unpaired) electrons. The van der Waals surface area contributed by atoms with Crippen molar-refractivity contribution in [3.8, 4) is 0 Å². The Morgan fingerprint density at radius 3 is 2.61 bits per heavy atom. The van der Waals surface area contributed by atoms with Gasteiger partial charge in [-0.25, -0.2) is 9.97 Å². The predicted octanol–water partition coefficient (Wildman–Crippen LogP) is 2.85. The molecule has 3 unspecified atom stereocenters.